The Morgan fingerprint density at radius 2 is 1.75 bits per heavy atom. The maximum atomic E-state index is 14.1. The lowest BCUT2D eigenvalue weighted by Crippen LogP contribution is -2.06. The van der Waals surface area contributed by atoms with E-state index in [0.717, 1.165) is 21.4 Å². The van der Waals surface area contributed by atoms with Gasteiger partial charge in [0.05, 0.1) is 11.6 Å². The van der Waals surface area contributed by atoms with Gasteiger partial charge in [0.1, 0.15) is 12.4 Å². The molecule has 0 saturated heterocycles. The molecule has 32 heavy (non-hydrogen) atoms. The Bertz CT molecular complexity index is 1070. The number of hydrogen-bond donors (Lipinski definition) is 2. The fourth-order valence-corrected chi connectivity index (χ4v) is 3.67. The van der Waals surface area contributed by atoms with Gasteiger partial charge in [-0.2, -0.15) is 0 Å². The van der Waals surface area contributed by atoms with Gasteiger partial charge in [0.2, 0.25) is 5.91 Å². The van der Waals surface area contributed by atoms with Gasteiger partial charge >= 0.3 is 0 Å². The SMILES string of the molecule is CCOc1cc(CNc2ccc(NC(C)=O)cc2)c(Br)cc1OCc1c(F)cccc1Cl. The van der Waals surface area contributed by atoms with Crippen molar-refractivity contribution in [1.82, 2.24) is 0 Å². The van der Waals surface area contributed by atoms with Crippen LogP contribution in [0.1, 0.15) is 25.0 Å². The van der Waals surface area contributed by atoms with Crippen LogP contribution in [0.15, 0.2) is 59.1 Å². The third-order valence-electron chi connectivity index (χ3n) is 4.53. The highest BCUT2D eigenvalue weighted by Crippen LogP contribution is 2.35. The zero-order chi connectivity index (χ0) is 23.1. The number of nitrogens with one attached hydrogen (secondary N) is 2. The van der Waals surface area contributed by atoms with Gasteiger partial charge in [-0.3, -0.25) is 4.79 Å². The number of ether oxygens (including phenoxy) is 2. The molecule has 0 radical (unpaired) electrons. The van der Waals surface area contributed by atoms with Gasteiger partial charge in [0.25, 0.3) is 0 Å². The number of benzene rings is 3. The third-order valence-corrected chi connectivity index (χ3v) is 5.63. The van der Waals surface area contributed by atoms with Crippen LogP contribution in [0.25, 0.3) is 0 Å². The molecule has 0 spiro atoms. The van der Waals surface area contributed by atoms with E-state index in [1.54, 1.807) is 18.2 Å². The summed E-state index contributed by atoms with van der Waals surface area (Å²) in [6, 6.07) is 15.6. The Morgan fingerprint density at radius 3 is 2.41 bits per heavy atom. The molecular weight excluding hydrogens is 499 g/mol. The lowest BCUT2D eigenvalue weighted by molar-refractivity contribution is -0.114. The van der Waals surface area contributed by atoms with E-state index in [-0.39, 0.29) is 12.5 Å². The highest BCUT2D eigenvalue weighted by Gasteiger charge is 2.14. The first-order valence-electron chi connectivity index (χ1n) is 9.99. The summed E-state index contributed by atoms with van der Waals surface area (Å²) in [4.78, 5) is 11.1. The Balaban J connectivity index is 1.72. The third kappa shape index (κ3) is 6.37. The van der Waals surface area contributed by atoms with Crippen LogP contribution in [0.5, 0.6) is 11.5 Å². The van der Waals surface area contributed by atoms with Crippen molar-refractivity contribution in [1.29, 1.82) is 0 Å². The molecule has 0 heterocycles. The van der Waals surface area contributed by atoms with E-state index >= 15 is 0 Å². The summed E-state index contributed by atoms with van der Waals surface area (Å²) >= 11 is 9.67. The smallest absolute Gasteiger partial charge is 0.221 e. The molecule has 3 aromatic carbocycles. The predicted molar refractivity (Wildman–Crippen MR) is 129 cm³/mol. The second-order valence-electron chi connectivity index (χ2n) is 6.92. The van der Waals surface area contributed by atoms with Crippen molar-refractivity contribution in [2.45, 2.75) is 27.0 Å². The van der Waals surface area contributed by atoms with Crippen molar-refractivity contribution in [2.24, 2.45) is 0 Å². The lowest BCUT2D eigenvalue weighted by Gasteiger charge is -2.16. The summed E-state index contributed by atoms with van der Waals surface area (Å²) in [6.07, 6.45) is 0. The molecule has 1 amide bonds. The van der Waals surface area contributed by atoms with Gasteiger partial charge in [-0.05, 0) is 61.0 Å². The van der Waals surface area contributed by atoms with Crippen molar-refractivity contribution in [3.05, 3.63) is 81.0 Å². The number of hydrogen-bond acceptors (Lipinski definition) is 4. The van der Waals surface area contributed by atoms with Gasteiger partial charge in [-0.15, -0.1) is 0 Å². The van der Waals surface area contributed by atoms with E-state index in [4.69, 9.17) is 21.1 Å². The highest BCUT2D eigenvalue weighted by atomic mass is 79.9. The summed E-state index contributed by atoms with van der Waals surface area (Å²) in [6.45, 7) is 4.32. The molecule has 0 atom stereocenters. The molecule has 8 heteroatoms. The van der Waals surface area contributed by atoms with Crippen molar-refractivity contribution in [3.63, 3.8) is 0 Å². The van der Waals surface area contributed by atoms with Crippen molar-refractivity contribution in [3.8, 4) is 11.5 Å². The van der Waals surface area contributed by atoms with E-state index < -0.39 is 5.82 Å². The molecule has 0 saturated carbocycles. The number of anilines is 2. The molecular formula is C24H23BrClFN2O3. The van der Waals surface area contributed by atoms with Crippen LogP contribution in [0.4, 0.5) is 15.8 Å². The van der Waals surface area contributed by atoms with E-state index in [0.29, 0.717) is 35.2 Å². The fraction of sp³-hybridized carbons (Fsp3) is 0.208. The van der Waals surface area contributed by atoms with E-state index in [9.17, 15) is 9.18 Å². The highest BCUT2D eigenvalue weighted by molar-refractivity contribution is 9.10. The Kier molecular flexibility index (Phi) is 8.36. The van der Waals surface area contributed by atoms with Gasteiger partial charge in [-0.1, -0.05) is 33.6 Å². The van der Waals surface area contributed by atoms with Gasteiger partial charge in [0, 0.05) is 34.9 Å². The van der Waals surface area contributed by atoms with Crippen LogP contribution in [0, 0.1) is 5.82 Å². The normalized spacial score (nSPS) is 10.5. The second kappa shape index (κ2) is 11.2. The summed E-state index contributed by atoms with van der Waals surface area (Å²) < 4.78 is 26.5. The molecule has 0 bridgehead atoms. The molecule has 0 aliphatic carbocycles. The van der Waals surface area contributed by atoms with E-state index in [2.05, 4.69) is 26.6 Å². The monoisotopic (exact) mass is 520 g/mol. The molecule has 2 N–H and O–H groups in total. The molecule has 5 nitrogen and oxygen atoms in total. The largest absolute Gasteiger partial charge is 0.490 e. The van der Waals surface area contributed by atoms with Gasteiger partial charge < -0.3 is 20.1 Å². The molecule has 168 valence electrons. The van der Waals surface area contributed by atoms with Crippen LogP contribution < -0.4 is 20.1 Å². The predicted octanol–water partition coefficient (Wildman–Crippen LogP) is 6.79. The van der Waals surface area contributed by atoms with Crippen molar-refractivity contribution < 1.29 is 18.7 Å². The first-order valence-corrected chi connectivity index (χ1v) is 11.2. The topological polar surface area (TPSA) is 59.6 Å². The van der Waals surface area contributed by atoms with Crippen molar-refractivity contribution in [2.75, 3.05) is 17.2 Å². The van der Waals surface area contributed by atoms with Crippen LogP contribution >= 0.6 is 27.5 Å². The number of rotatable bonds is 9. The molecule has 0 fully saturated rings. The van der Waals surface area contributed by atoms with Crippen LogP contribution in [-0.2, 0) is 17.9 Å². The van der Waals surface area contributed by atoms with Gasteiger partial charge in [0.15, 0.2) is 11.5 Å². The molecule has 0 aromatic heterocycles. The maximum Gasteiger partial charge on any atom is 0.221 e. The number of amides is 1. The molecule has 3 aromatic rings. The maximum absolute atomic E-state index is 14.1. The zero-order valence-corrected chi connectivity index (χ0v) is 20.0. The van der Waals surface area contributed by atoms with E-state index in [1.807, 2.05) is 37.3 Å². The minimum absolute atomic E-state index is 0.0176. The minimum Gasteiger partial charge on any atom is -0.490 e. The first-order chi connectivity index (χ1) is 15.4. The fourth-order valence-electron chi connectivity index (χ4n) is 2.99. The molecule has 3 rings (SSSR count). The summed E-state index contributed by atoms with van der Waals surface area (Å²) in [5, 5.41) is 6.39. The summed E-state index contributed by atoms with van der Waals surface area (Å²) in [5.74, 6) is 0.514. The number of halogens is 3. The second-order valence-corrected chi connectivity index (χ2v) is 8.19. The average molecular weight is 522 g/mol. The van der Waals surface area contributed by atoms with Crippen LogP contribution in [-0.4, -0.2) is 12.5 Å². The minimum atomic E-state index is -0.417. The zero-order valence-electron chi connectivity index (χ0n) is 17.7. The van der Waals surface area contributed by atoms with Crippen LogP contribution in [0.3, 0.4) is 0 Å². The quantitative estimate of drug-likeness (QED) is 0.325. The standard InChI is InChI=1S/C24H23BrClFN2O3/c1-3-31-23-11-16(13-28-17-7-9-18(10-8-17)29-15(2)30)20(25)12-24(23)32-14-19-21(26)5-4-6-22(19)27/h4-12,28H,3,13-14H2,1-2H3,(H,29,30). The summed E-state index contributed by atoms with van der Waals surface area (Å²) in [5.41, 5.74) is 2.88. The Labute approximate surface area is 200 Å². The lowest BCUT2D eigenvalue weighted by atomic mass is 10.2. The molecule has 0 unspecified atom stereocenters. The Hall–Kier alpha value is -2.77. The van der Waals surface area contributed by atoms with Crippen molar-refractivity contribution >= 4 is 44.8 Å². The molecule has 0 aliphatic heterocycles. The summed E-state index contributed by atoms with van der Waals surface area (Å²) in [7, 11) is 0. The Morgan fingerprint density at radius 1 is 1.06 bits per heavy atom. The molecule has 0 aliphatic rings. The average Bonchev–Trinajstić information content (AvgIpc) is 2.75. The van der Waals surface area contributed by atoms with E-state index in [1.165, 1.54) is 13.0 Å². The van der Waals surface area contributed by atoms with Gasteiger partial charge in [-0.25, -0.2) is 4.39 Å². The number of carbonyl (C=O) groups excluding carboxylic acids is 1. The first kappa shape index (κ1) is 23.9. The number of carbonyl (C=O) groups is 1. The van der Waals surface area contributed by atoms with Crippen LogP contribution in [0.2, 0.25) is 5.02 Å².